The van der Waals surface area contributed by atoms with E-state index in [0.717, 1.165) is 0 Å². The maximum absolute atomic E-state index is 13.6. The molecular formula is C29H43N7O8. The van der Waals surface area contributed by atoms with Crippen LogP contribution in [-0.2, 0) is 35.1 Å². The molecule has 0 aliphatic carbocycles. The number of aliphatic carboxylic acids is 1. The van der Waals surface area contributed by atoms with Crippen molar-refractivity contribution in [1.82, 2.24) is 26.2 Å². The van der Waals surface area contributed by atoms with E-state index in [0.29, 0.717) is 31.2 Å². The Bertz CT molecular complexity index is 1190. The first-order valence-corrected chi connectivity index (χ1v) is 14.4. The Kier molecular flexibility index (Phi) is 13.6. The topological polar surface area (TPSA) is 233 Å². The van der Waals surface area contributed by atoms with E-state index in [1.54, 1.807) is 51.1 Å². The molecule has 1 saturated heterocycles. The molecule has 4 atom stereocenters. The Morgan fingerprint density at radius 2 is 1.80 bits per heavy atom. The Hall–Kier alpha value is -4.69. The average molecular weight is 618 g/mol. The summed E-state index contributed by atoms with van der Waals surface area (Å²) in [5, 5.41) is 26.9. The van der Waals surface area contributed by atoms with Crippen LogP contribution in [0.1, 0.15) is 58.4 Å². The van der Waals surface area contributed by atoms with Gasteiger partial charge in [0, 0.05) is 19.5 Å². The van der Waals surface area contributed by atoms with Gasteiger partial charge in [-0.05, 0) is 52.0 Å². The summed E-state index contributed by atoms with van der Waals surface area (Å²) < 4.78 is 5.29. The summed E-state index contributed by atoms with van der Waals surface area (Å²) in [7, 11) is 0. The molecule has 44 heavy (non-hydrogen) atoms. The van der Waals surface area contributed by atoms with E-state index >= 15 is 0 Å². The van der Waals surface area contributed by atoms with Gasteiger partial charge in [0.25, 0.3) is 0 Å². The number of carboxylic acids is 1. The smallest absolute Gasteiger partial charge is 0.408 e. The maximum Gasteiger partial charge on any atom is 0.408 e. The van der Waals surface area contributed by atoms with Gasteiger partial charge in [0.15, 0.2) is 5.96 Å². The van der Waals surface area contributed by atoms with Crippen molar-refractivity contribution in [2.45, 2.75) is 89.1 Å². The zero-order valence-corrected chi connectivity index (χ0v) is 25.3. The minimum Gasteiger partial charge on any atom is -0.481 e. The van der Waals surface area contributed by atoms with Gasteiger partial charge in [0.05, 0.1) is 12.5 Å². The van der Waals surface area contributed by atoms with E-state index in [9.17, 15) is 33.9 Å². The van der Waals surface area contributed by atoms with Crippen LogP contribution in [0.3, 0.4) is 0 Å². The van der Waals surface area contributed by atoms with Crippen molar-refractivity contribution in [1.29, 1.82) is 5.41 Å². The first-order chi connectivity index (χ1) is 20.7. The fourth-order valence-corrected chi connectivity index (χ4v) is 4.66. The molecule has 8 N–H and O–H groups in total. The lowest BCUT2D eigenvalue weighted by Crippen LogP contribution is -2.58. The van der Waals surface area contributed by atoms with Gasteiger partial charge in [-0.15, -0.1) is 0 Å². The highest BCUT2D eigenvalue weighted by molar-refractivity contribution is 5.96. The summed E-state index contributed by atoms with van der Waals surface area (Å²) in [6, 6.07) is 4.22. The third kappa shape index (κ3) is 12.3. The Balaban J connectivity index is 2.17. The quantitative estimate of drug-likeness (QED) is 0.0603. The normalized spacial score (nSPS) is 16.5. The number of likely N-dealkylation sites (tertiary alicyclic amines) is 1. The largest absolute Gasteiger partial charge is 0.481 e. The summed E-state index contributed by atoms with van der Waals surface area (Å²) in [5.41, 5.74) is 5.09. The Labute approximate surface area is 256 Å². The molecule has 1 heterocycles. The van der Waals surface area contributed by atoms with Crippen molar-refractivity contribution in [3.63, 3.8) is 0 Å². The number of carbonyl (C=O) groups excluding carboxylic acids is 5. The van der Waals surface area contributed by atoms with E-state index in [1.165, 1.54) is 4.90 Å². The molecular weight excluding hydrogens is 574 g/mol. The third-order valence-corrected chi connectivity index (χ3v) is 6.62. The van der Waals surface area contributed by atoms with Gasteiger partial charge in [-0.2, -0.15) is 0 Å². The average Bonchev–Trinajstić information content (AvgIpc) is 3.43. The summed E-state index contributed by atoms with van der Waals surface area (Å²) in [6.45, 7) is 5.44. The summed E-state index contributed by atoms with van der Waals surface area (Å²) in [6.07, 6.45) is 0.399. The number of amides is 4. The lowest BCUT2D eigenvalue weighted by atomic mass is 10.0. The summed E-state index contributed by atoms with van der Waals surface area (Å²) in [5.74, 6) is -3.74. The van der Waals surface area contributed by atoms with Crippen molar-refractivity contribution in [3.05, 3.63) is 35.9 Å². The Morgan fingerprint density at radius 3 is 2.39 bits per heavy atom. The van der Waals surface area contributed by atoms with Crippen LogP contribution in [0.4, 0.5) is 4.79 Å². The number of carboxylic acid groups (broad SMARTS) is 1. The fourth-order valence-electron chi connectivity index (χ4n) is 4.66. The van der Waals surface area contributed by atoms with Crippen molar-refractivity contribution >= 4 is 42.0 Å². The highest BCUT2D eigenvalue weighted by Gasteiger charge is 2.39. The van der Waals surface area contributed by atoms with Crippen LogP contribution in [0.5, 0.6) is 0 Å². The number of aldehydes is 1. The molecule has 0 saturated carbocycles. The van der Waals surface area contributed by atoms with Crippen molar-refractivity contribution in [3.8, 4) is 0 Å². The van der Waals surface area contributed by atoms with E-state index in [-0.39, 0.29) is 31.8 Å². The first-order valence-electron chi connectivity index (χ1n) is 14.4. The molecule has 0 aromatic heterocycles. The maximum atomic E-state index is 13.6. The van der Waals surface area contributed by atoms with Gasteiger partial charge in [-0.3, -0.25) is 24.6 Å². The van der Waals surface area contributed by atoms with Crippen molar-refractivity contribution < 1.29 is 38.6 Å². The lowest BCUT2D eigenvalue weighted by molar-refractivity contribution is -0.146. The summed E-state index contributed by atoms with van der Waals surface area (Å²) >= 11 is 0. The van der Waals surface area contributed by atoms with Gasteiger partial charge >= 0.3 is 12.1 Å². The molecule has 0 unspecified atom stereocenters. The molecule has 1 aliphatic rings. The third-order valence-electron chi connectivity index (χ3n) is 6.62. The zero-order chi connectivity index (χ0) is 32.9. The number of rotatable bonds is 15. The number of hydrogen-bond acceptors (Lipinski definition) is 8. The molecule has 0 spiro atoms. The van der Waals surface area contributed by atoms with Crippen LogP contribution in [0.15, 0.2) is 30.3 Å². The number of ether oxygens (including phenoxy) is 1. The number of nitrogens with one attached hydrogen (secondary N) is 5. The molecule has 0 bridgehead atoms. The molecule has 15 nitrogen and oxygen atoms in total. The monoisotopic (exact) mass is 617 g/mol. The van der Waals surface area contributed by atoms with Gasteiger partial charge in [0.2, 0.25) is 17.7 Å². The Morgan fingerprint density at radius 1 is 1.11 bits per heavy atom. The van der Waals surface area contributed by atoms with Gasteiger partial charge in [-0.1, -0.05) is 30.3 Å². The zero-order valence-electron chi connectivity index (χ0n) is 25.3. The number of nitrogens with zero attached hydrogens (tertiary/aromatic N) is 1. The predicted molar refractivity (Wildman–Crippen MR) is 159 cm³/mol. The number of hydrogen-bond donors (Lipinski definition) is 7. The van der Waals surface area contributed by atoms with Crippen molar-refractivity contribution in [2.75, 3.05) is 13.1 Å². The van der Waals surface area contributed by atoms with Crippen LogP contribution >= 0.6 is 0 Å². The molecule has 1 aromatic carbocycles. The van der Waals surface area contributed by atoms with E-state index in [1.807, 2.05) is 0 Å². The molecule has 1 fully saturated rings. The van der Waals surface area contributed by atoms with Crippen LogP contribution < -0.4 is 27.0 Å². The van der Waals surface area contributed by atoms with Gasteiger partial charge in [0.1, 0.15) is 30.0 Å². The molecule has 1 aromatic rings. The van der Waals surface area contributed by atoms with Crippen molar-refractivity contribution in [2.24, 2.45) is 5.73 Å². The number of alkyl carbamates (subject to hydrolysis) is 1. The molecule has 1 aliphatic heterocycles. The molecule has 2 rings (SSSR count). The first kappa shape index (κ1) is 35.5. The highest BCUT2D eigenvalue weighted by atomic mass is 16.6. The van der Waals surface area contributed by atoms with Crippen LogP contribution in [0, 0.1) is 5.41 Å². The van der Waals surface area contributed by atoms with Gasteiger partial charge in [-0.25, -0.2) is 4.79 Å². The molecule has 242 valence electrons. The predicted octanol–water partition coefficient (Wildman–Crippen LogP) is 0.0199. The molecule has 4 amide bonds. The summed E-state index contributed by atoms with van der Waals surface area (Å²) in [4.78, 5) is 77.1. The van der Waals surface area contributed by atoms with Crippen LogP contribution in [-0.4, -0.2) is 94.9 Å². The number of nitrogens with two attached hydrogens (primary N) is 1. The highest BCUT2D eigenvalue weighted by Crippen LogP contribution is 2.20. The van der Waals surface area contributed by atoms with E-state index < -0.39 is 66.0 Å². The van der Waals surface area contributed by atoms with E-state index in [4.69, 9.17) is 15.9 Å². The minimum absolute atomic E-state index is 0.0314. The van der Waals surface area contributed by atoms with E-state index in [2.05, 4.69) is 21.3 Å². The number of guanidine groups is 1. The van der Waals surface area contributed by atoms with Crippen LogP contribution in [0.25, 0.3) is 0 Å². The van der Waals surface area contributed by atoms with Crippen LogP contribution in [0.2, 0.25) is 0 Å². The fraction of sp³-hybridized carbons (Fsp3) is 0.552. The second kappa shape index (κ2) is 16.8. The SMILES string of the molecule is CC(C)(C)OC(=O)N[C@H](Cc1ccccc1)C(=O)N[C@@H](CC(=O)O)C(=O)N1CCC[C@H]1C(=O)N[C@H](C=O)CCCNC(=N)N. The van der Waals surface area contributed by atoms with Gasteiger partial charge < -0.3 is 46.5 Å². The molecule has 0 radical (unpaired) electrons. The standard InChI is InChI=1S/C29H43N7O8/c1-29(2,3)44-28(43)35-20(15-18-9-5-4-6-10-18)24(40)34-21(16-23(38)39)26(42)36-14-8-12-22(36)25(41)33-19(17-37)11-7-13-32-27(30)31/h4-6,9-10,17,19-22H,7-8,11-16H2,1-3H3,(H,33,41)(H,34,40)(H,35,43)(H,38,39)(H4,30,31,32)/t19-,20+,21-,22-/m0/s1. The number of benzene rings is 1. The minimum atomic E-state index is -1.54. The second-order valence-corrected chi connectivity index (χ2v) is 11.5. The number of carbonyl (C=O) groups is 6. The lowest BCUT2D eigenvalue weighted by Gasteiger charge is -2.30. The second-order valence-electron chi connectivity index (χ2n) is 11.5. The molecule has 15 heteroatoms.